The van der Waals surface area contributed by atoms with Crippen molar-refractivity contribution in [3.63, 3.8) is 0 Å². The molecular weight excluding hydrogens is 374 g/mol. The summed E-state index contributed by atoms with van der Waals surface area (Å²) in [4.78, 5) is 15.4. The maximum absolute atomic E-state index is 11.3. The Morgan fingerprint density at radius 1 is 1.41 bits per heavy atom. The van der Waals surface area contributed by atoms with E-state index in [2.05, 4.69) is 27.6 Å². The van der Waals surface area contributed by atoms with Gasteiger partial charge in [-0.2, -0.15) is 0 Å². The third kappa shape index (κ3) is 2.21. The van der Waals surface area contributed by atoms with Crippen molar-refractivity contribution in [3.8, 4) is 0 Å². The number of hydrogen-bond acceptors (Lipinski definition) is 2. The number of aromatic nitrogens is 1. The number of nitrogens with zero attached hydrogens (tertiary/aromatic N) is 1. The summed E-state index contributed by atoms with van der Waals surface area (Å²) in [7, 11) is 0. The molecule has 0 saturated carbocycles. The summed E-state index contributed by atoms with van der Waals surface area (Å²) in [5.74, 6) is -0.675. The second kappa shape index (κ2) is 4.59. The highest BCUT2D eigenvalue weighted by Crippen LogP contribution is 2.33. The third-order valence-corrected chi connectivity index (χ3v) is 3.67. The largest absolute Gasteiger partial charge is 0.365 e. The molecule has 0 unspecified atom stereocenters. The molecule has 0 atom stereocenters. The summed E-state index contributed by atoms with van der Waals surface area (Å²) in [6.45, 7) is 1.91. The zero-order valence-corrected chi connectivity index (χ0v) is 12.4. The predicted molar refractivity (Wildman–Crippen MR) is 77.7 cm³/mol. The van der Waals surface area contributed by atoms with Crippen LogP contribution in [0.1, 0.15) is 15.9 Å². The Labute approximate surface area is 121 Å². The smallest absolute Gasteiger partial charge is 0.253 e. The molecule has 17 heavy (non-hydrogen) atoms. The quantitative estimate of drug-likeness (QED) is 0.607. The normalized spacial score (nSPS) is 10.8. The average molecular weight is 381 g/mol. The van der Waals surface area contributed by atoms with Gasteiger partial charge in [0, 0.05) is 8.96 Å². The van der Waals surface area contributed by atoms with E-state index in [0.717, 1.165) is 9.13 Å². The Morgan fingerprint density at radius 3 is 2.65 bits per heavy atom. The van der Waals surface area contributed by atoms with Crippen LogP contribution in [-0.4, -0.2) is 10.9 Å². The van der Waals surface area contributed by atoms with Crippen LogP contribution in [0, 0.1) is 10.5 Å². The lowest BCUT2D eigenvalue weighted by Crippen LogP contribution is -2.13. The number of pyridine rings is 1. The van der Waals surface area contributed by atoms with E-state index in [0.29, 0.717) is 10.9 Å². The molecule has 2 N–H and O–H groups in total. The van der Waals surface area contributed by atoms with Crippen molar-refractivity contribution in [2.75, 3.05) is 0 Å². The third-order valence-electron chi connectivity index (χ3n) is 2.38. The van der Waals surface area contributed by atoms with E-state index in [-0.39, 0.29) is 15.7 Å². The molecule has 0 fully saturated rings. The zero-order valence-electron chi connectivity index (χ0n) is 8.72. The number of rotatable bonds is 1. The summed E-state index contributed by atoms with van der Waals surface area (Å²) < 4.78 is 1.01. The molecule has 0 spiro atoms. The molecule has 1 heterocycles. The van der Waals surface area contributed by atoms with Gasteiger partial charge in [-0.25, -0.2) is 4.98 Å². The zero-order chi connectivity index (χ0) is 12.7. The van der Waals surface area contributed by atoms with Crippen molar-refractivity contribution in [3.05, 3.63) is 37.0 Å². The summed E-state index contributed by atoms with van der Waals surface area (Å²) in [6, 6.07) is 3.81. The number of fused-ring (bicyclic) bond motifs is 1. The maximum atomic E-state index is 11.3. The molecule has 3 nitrogen and oxygen atoms in total. The van der Waals surface area contributed by atoms with Crippen LogP contribution in [0.15, 0.2) is 12.1 Å². The van der Waals surface area contributed by atoms with Crippen LogP contribution in [0.25, 0.3) is 10.9 Å². The van der Waals surface area contributed by atoms with Gasteiger partial charge in [-0.3, -0.25) is 4.79 Å². The van der Waals surface area contributed by atoms with Gasteiger partial charge in [-0.15, -0.1) is 0 Å². The van der Waals surface area contributed by atoms with Crippen molar-refractivity contribution in [1.29, 1.82) is 0 Å². The number of primary amides is 1. The van der Waals surface area contributed by atoms with Gasteiger partial charge in [0.15, 0.2) is 0 Å². The molecule has 0 aliphatic carbocycles. The summed E-state index contributed by atoms with van der Waals surface area (Å²) in [6.07, 6.45) is 0. The van der Waals surface area contributed by atoms with Crippen LogP contribution in [0.2, 0.25) is 10.2 Å². The van der Waals surface area contributed by atoms with E-state index in [1.165, 1.54) is 0 Å². The fourth-order valence-corrected chi connectivity index (χ4v) is 3.07. The SMILES string of the molecule is Cc1cc(I)cc2c(Cl)c(C(N)=O)c(Cl)nc12. The molecular formula is C11H7Cl2IN2O. The van der Waals surface area contributed by atoms with Crippen LogP contribution in [-0.2, 0) is 0 Å². The van der Waals surface area contributed by atoms with E-state index in [4.69, 9.17) is 28.9 Å². The molecule has 1 aromatic heterocycles. The Kier molecular flexibility index (Phi) is 3.47. The molecule has 0 aliphatic rings. The Bertz CT molecular complexity index is 643. The Balaban J connectivity index is 2.97. The molecule has 0 saturated heterocycles. The van der Waals surface area contributed by atoms with Gasteiger partial charge in [0.2, 0.25) is 0 Å². The molecule has 0 aliphatic heterocycles. The number of amides is 1. The second-order valence-electron chi connectivity index (χ2n) is 3.57. The van der Waals surface area contributed by atoms with Gasteiger partial charge in [0.05, 0.1) is 16.1 Å². The van der Waals surface area contributed by atoms with Crippen molar-refractivity contribution in [2.24, 2.45) is 5.73 Å². The molecule has 0 bridgehead atoms. The van der Waals surface area contributed by atoms with Gasteiger partial charge in [0.1, 0.15) is 5.15 Å². The minimum Gasteiger partial charge on any atom is -0.365 e. The highest BCUT2D eigenvalue weighted by Gasteiger charge is 2.18. The lowest BCUT2D eigenvalue weighted by Gasteiger charge is -2.09. The van der Waals surface area contributed by atoms with E-state index in [9.17, 15) is 4.79 Å². The standard InChI is InChI=1S/C11H7Cl2IN2O/c1-4-2-5(14)3-6-8(12)7(11(15)17)10(13)16-9(4)6/h2-3H,1H3,(H2,15,17). The Morgan fingerprint density at radius 2 is 2.06 bits per heavy atom. The number of halogens is 3. The van der Waals surface area contributed by atoms with Crippen molar-refractivity contribution in [2.45, 2.75) is 6.92 Å². The van der Waals surface area contributed by atoms with Crippen molar-refractivity contribution < 1.29 is 4.79 Å². The molecule has 0 radical (unpaired) electrons. The van der Waals surface area contributed by atoms with E-state index >= 15 is 0 Å². The molecule has 88 valence electrons. The molecule has 1 aromatic carbocycles. The summed E-state index contributed by atoms with van der Waals surface area (Å²) in [5, 5.41) is 0.989. The first-order valence-corrected chi connectivity index (χ1v) is 6.50. The molecule has 2 rings (SSSR count). The van der Waals surface area contributed by atoms with Crippen molar-refractivity contribution in [1.82, 2.24) is 4.98 Å². The second-order valence-corrected chi connectivity index (χ2v) is 5.56. The van der Waals surface area contributed by atoms with Crippen molar-refractivity contribution >= 4 is 62.6 Å². The highest BCUT2D eigenvalue weighted by atomic mass is 127. The molecule has 2 aromatic rings. The van der Waals surface area contributed by atoms with Crippen LogP contribution in [0.3, 0.4) is 0 Å². The first kappa shape index (κ1) is 12.9. The van der Waals surface area contributed by atoms with E-state index in [1.54, 1.807) is 0 Å². The fraction of sp³-hybridized carbons (Fsp3) is 0.0909. The highest BCUT2D eigenvalue weighted by molar-refractivity contribution is 14.1. The van der Waals surface area contributed by atoms with E-state index < -0.39 is 5.91 Å². The van der Waals surface area contributed by atoms with Crippen LogP contribution in [0.5, 0.6) is 0 Å². The van der Waals surface area contributed by atoms with Crippen LogP contribution < -0.4 is 5.73 Å². The lowest BCUT2D eigenvalue weighted by molar-refractivity contribution is 0.100. The monoisotopic (exact) mass is 380 g/mol. The number of aryl methyl sites for hydroxylation is 1. The molecule has 1 amide bonds. The topological polar surface area (TPSA) is 56.0 Å². The number of nitrogens with two attached hydrogens (primary N) is 1. The summed E-state index contributed by atoms with van der Waals surface area (Å²) in [5.41, 5.74) is 6.94. The van der Waals surface area contributed by atoms with Crippen LogP contribution in [0.4, 0.5) is 0 Å². The maximum Gasteiger partial charge on any atom is 0.253 e. The predicted octanol–water partition coefficient (Wildman–Crippen LogP) is 3.55. The summed E-state index contributed by atoms with van der Waals surface area (Å²) >= 11 is 14.2. The fourth-order valence-electron chi connectivity index (χ4n) is 1.64. The first-order chi connectivity index (χ1) is 7.91. The molecule has 6 heteroatoms. The lowest BCUT2D eigenvalue weighted by atomic mass is 10.1. The number of carbonyl (C=O) groups excluding carboxylic acids is 1. The number of benzene rings is 1. The minimum atomic E-state index is -0.675. The Hall–Kier alpha value is -0.590. The van der Waals surface area contributed by atoms with Crippen LogP contribution >= 0.6 is 45.8 Å². The first-order valence-electron chi connectivity index (χ1n) is 4.66. The average Bonchev–Trinajstić information content (AvgIpc) is 2.19. The van der Waals surface area contributed by atoms with Gasteiger partial charge >= 0.3 is 0 Å². The minimum absolute atomic E-state index is 0.0410. The number of hydrogen-bond donors (Lipinski definition) is 1. The van der Waals surface area contributed by atoms with Gasteiger partial charge in [-0.05, 0) is 47.2 Å². The van der Waals surface area contributed by atoms with E-state index in [1.807, 2.05) is 19.1 Å². The van der Waals surface area contributed by atoms with Gasteiger partial charge in [-0.1, -0.05) is 23.2 Å². The van der Waals surface area contributed by atoms with Gasteiger partial charge < -0.3 is 5.73 Å². The number of carbonyl (C=O) groups is 1. The van der Waals surface area contributed by atoms with Gasteiger partial charge in [0.25, 0.3) is 5.91 Å².